The van der Waals surface area contributed by atoms with Crippen molar-refractivity contribution in [3.05, 3.63) is 24.3 Å². The molecule has 1 aliphatic heterocycles. The number of nitrogens with zero attached hydrogens (tertiary/aromatic N) is 3. The fourth-order valence-corrected chi connectivity index (χ4v) is 3.00. The van der Waals surface area contributed by atoms with Gasteiger partial charge in [0.05, 0.1) is 11.7 Å². The van der Waals surface area contributed by atoms with Crippen LogP contribution < -0.4 is 5.32 Å². The number of piperidine rings is 1. The molecule has 1 atom stereocenters. The molecule has 1 N–H and O–H groups in total. The Hall–Kier alpha value is -1.42. The molecule has 3 rings (SSSR count). The molecular weight excluding hydrogens is 236 g/mol. The van der Waals surface area contributed by atoms with Crippen molar-refractivity contribution in [1.82, 2.24) is 19.9 Å². The van der Waals surface area contributed by atoms with Crippen molar-refractivity contribution >= 4 is 11.0 Å². The van der Waals surface area contributed by atoms with Crippen LogP contribution in [0.25, 0.3) is 11.0 Å². The molecule has 0 aliphatic carbocycles. The van der Waals surface area contributed by atoms with Crippen molar-refractivity contribution in [3.8, 4) is 0 Å². The Morgan fingerprint density at radius 3 is 2.89 bits per heavy atom. The van der Waals surface area contributed by atoms with E-state index in [-0.39, 0.29) is 5.54 Å². The predicted molar refractivity (Wildman–Crippen MR) is 77.4 cm³/mol. The number of fused-ring (bicyclic) bond motifs is 1. The fourth-order valence-electron chi connectivity index (χ4n) is 3.00. The van der Waals surface area contributed by atoms with Crippen molar-refractivity contribution in [2.24, 2.45) is 0 Å². The van der Waals surface area contributed by atoms with E-state index in [1.807, 2.05) is 12.4 Å². The summed E-state index contributed by atoms with van der Waals surface area (Å²) in [6.07, 6.45) is 6.18. The van der Waals surface area contributed by atoms with Gasteiger partial charge in [0.2, 0.25) is 0 Å². The summed E-state index contributed by atoms with van der Waals surface area (Å²) in [6, 6.07) is 2.08. The second-order valence-corrected chi connectivity index (χ2v) is 6.38. The lowest BCUT2D eigenvalue weighted by molar-refractivity contribution is 0.360. The molecular formula is C15H22N4. The van der Waals surface area contributed by atoms with Crippen LogP contribution in [0, 0.1) is 0 Å². The molecule has 0 bridgehead atoms. The zero-order valence-corrected chi connectivity index (χ0v) is 12.0. The van der Waals surface area contributed by atoms with Gasteiger partial charge >= 0.3 is 0 Å². The minimum Gasteiger partial charge on any atom is -0.322 e. The SMILES string of the molecule is CC(C)(C)n1c(C2CCCNC2)nc2cnccc21. The zero-order valence-electron chi connectivity index (χ0n) is 12.0. The highest BCUT2D eigenvalue weighted by molar-refractivity contribution is 5.75. The molecule has 0 aromatic carbocycles. The minimum atomic E-state index is 0.0445. The van der Waals surface area contributed by atoms with E-state index < -0.39 is 0 Å². The summed E-state index contributed by atoms with van der Waals surface area (Å²) >= 11 is 0. The van der Waals surface area contributed by atoms with Crippen LogP contribution in [0.5, 0.6) is 0 Å². The van der Waals surface area contributed by atoms with Crippen molar-refractivity contribution in [3.63, 3.8) is 0 Å². The minimum absolute atomic E-state index is 0.0445. The molecule has 4 nitrogen and oxygen atoms in total. The first-order valence-electron chi connectivity index (χ1n) is 7.11. The molecule has 2 aromatic rings. The Morgan fingerprint density at radius 1 is 1.37 bits per heavy atom. The zero-order chi connectivity index (χ0) is 13.5. The van der Waals surface area contributed by atoms with E-state index in [9.17, 15) is 0 Å². The van der Waals surface area contributed by atoms with Gasteiger partial charge in [0, 0.05) is 24.2 Å². The summed E-state index contributed by atoms with van der Waals surface area (Å²) in [5.41, 5.74) is 2.25. The van der Waals surface area contributed by atoms with Crippen molar-refractivity contribution in [2.45, 2.75) is 45.1 Å². The van der Waals surface area contributed by atoms with E-state index in [0.29, 0.717) is 5.92 Å². The molecule has 102 valence electrons. The average molecular weight is 258 g/mol. The van der Waals surface area contributed by atoms with Crippen LogP contribution in [0.4, 0.5) is 0 Å². The lowest BCUT2D eigenvalue weighted by Crippen LogP contribution is -2.33. The smallest absolute Gasteiger partial charge is 0.114 e. The molecule has 0 spiro atoms. The van der Waals surface area contributed by atoms with Crippen LogP contribution in [0.1, 0.15) is 45.4 Å². The highest BCUT2D eigenvalue weighted by atomic mass is 15.1. The Bertz CT molecular complexity index is 573. The molecule has 1 fully saturated rings. The van der Waals surface area contributed by atoms with Gasteiger partial charge in [-0.15, -0.1) is 0 Å². The molecule has 0 saturated carbocycles. The van der Waals surface area contributed by atoms with Crippen molar-refractivity contribution < 1.29 is 0 Å². The molecule has 4 heteroatoms. The van der Waals surface area contributed by atoms with Crippen molar-refractivity contribution in [2.75, 3.05) is 13.1 Å². The van der Waals surface area contributed by atoms with Crippen LogP contribution in [0.15, 0.2) is 18.5 Å². The number of pyridine rings is 1. The molecule has 19 heavy (non-hydrogen) atoms. The summed E-state index contributed by atoms with van der Waals surface area (Å²) in [5, 5.41) is 3.49. The van der Waals surface area contributed by atoms with Gasteiger partial charge in [-0.05, 0) is 46.2 Å². The monoisotopic (exact) mass is 258 g/mol. The summed E-state index contributed by atoms with van der Waals surface area (Å²) in [5.74, 6) is 1.73. The van der Waals surface area contributed by atoms with Crippen LogP contribution in [0.3, 0.4) is 0 Å². The van der Waals surface area contributed by atoms with Crippen LogP contribution in [-0.2, 0) is 5.54 Å². The normalized spacial score (nSPS) is 20.9. The highest BCUT2D eigenvalue weighted by Crippen LogP contribution is 2.31. The van der Waals surface area contributed by atoms with E-state index in [1.54, 1.807) is 0 Å². The standard InChI is InChI=1S/C15H22N4/c1-15(2,3)19-13-6-8-17-10-12(13)18-14(19)11-5-4-7-16-9-11/h6,8,10-11,16H,4-5,7,9H2,1-3H3. The maximum Gasteiger partial charge on any atom is 0.114 e. The summed E-state index contributed by atoms with van der Waals surface area (Å²) in [4.78, 5) is 9.07. The number of nitrogens with one attached hydrogen (secondary N) is 1. The molecule has 2 aromatic heterocycles. The Morgan fingerprint density at radius 2 is 2.21 bits per heavy atom. The summed E-state index contributed by atoms with van der Waals surface area (Å²) in [6.45, 7) is 8.90. The molecule has 0 amide bonds. The van der Waals surface area contributed by atoms with E-state index in [2.05, 4.69) is 41.7 Å². The van der Waals surface area contributed by atoms with Gasteiger partial charge in [-0.2, -0.15) is 0 Å². The van der Waals surface area contributed by atoms with E-state index in [4.69, 9.17) is 4.98 Å². The van der Waals surface area contributed by atoms with Gasteiger partial charge < -0.3 is 9.88 Å². The third-order valence-electron chi connectivity index (χ3n) is 3.82. The average Bonchev–Trinajstić information content (AvgIpc) is 2.79. The van der Waals surface area contributed by atoms with Gasteiger partial charge in [0.15, 0.2) is 0 Å². The van der Waals surface area contributed by atoms with Crippen LogP contribution >= 0.6 is 0 Å². The molecule has 1 unspecified atom stereocenters. The second kappa shape index (κ2) is 4.60. The van der Waals surface area contributed by atoms with Gasteiger partial charge in [-0.1, -0.05) is 0 Å². The molecule has 1 saturated heterocycles. The van der Waals surface area contributed by atoms with Gasteiger partial charge in [-0.25, -0.2) is 4.98 Å². The van der Waals surface area contributed by atoms with Crippen LogP contribution in [-0.4, -0.2) is 27.6 Å². The first kappa shape index (κ1) is 12.6. The van der Waals surface area contributed by atoms with E-state index >= 15 is 0 Å². The molecule has 0 radical (unpaired) electrons. The number of hydrogen-bond acceptors (Lipinski definition) is 3. The number of rotatable bonds is 1. The van der Waals surface area contributed by atoms with E-state index in [1.165, 1.54) is 24.2 Å². The Balaban J connectivity index is 2.17. The number of imidazole rings is 1. The number of hydrogen-bond donors (Lipinski definition) is 1. The van der Waals surface area contributed by atoms with Gasteiger partial charge in [0.25, 0.3) is 0 Å². The number of aromatic nitrogens is 3. The maximum atomic E-state index is 4.86. The highest BCUT2D eigenvalue weighted by Gasteiger charge is 2.27. The third-order valence-corrected chi connectivity index (χ3v) is 3.82. The van der Waals surface area contributed by atoms with E-state index in [0.717, 1.165) is 18.6 Å². The Labute approximate surface area is 114 Å². The third kappa shape index (κ3) is 2.25. The molecule has 3 heterocycles. The second-order valence-electron chi connectivity index (χ2n) is 6.38. The maximum absolute atomic E-state index is 4.86. The van der Waals surface area contributed by atoms with Gasteiger partial charge in [-0.3, -0.25) is 4.98 Å². The topological polar surface area (TPSA) is 42.7 Å². The van der Waals surface area contributed by atoms with Crippen molar-refractivity contribution in [1.29, 1.82) is 0 Å². The largest absolute Gasteiger partial charge is 0.322 e. The first-order chi connectivity index (χ1) is 9.07. The summed E-state index contributed by atoms with van der Waals surface area (Å²) < 4.78 is 2.39. The fraction of sp³-hybridized carbons (Fsp3) is 0.600. The first-order valence-corrected chi connectivity index (χ1v) is 7.11. The lowest BCUT2D eigenvalue weighted by atomic mass is 9.97. The quantitative estimate of drug-likeness (QED) is 0.855. The summed E-state index contributed by atoms with van der Waals surface area (Å²) in [7, 11) is 0. The Kier molecular flexibility index (Phi) is 3.05. The van der Waals surface area contributed by atoms with Gasteiger partial charge in [0.1, 0.15) is 11.3 Å². The predicted octanol–water partition coefficient (Wildman–Crippen LogP) is 2.65. The molecule has 1 aliphatic rings. The lowest BCUT2D eigenvalue weighted by Gasteiger charge is -2.29. The van der Waals surface area contributed by atoms with Crippen LogP contribution in [0.2, 0.25) is 0 Å².